The van der Waals surface area contributed by atoms with Crippen molar-refractivity contribution < 1.29 is 8.78 Å². The minimum atomic E-state index is -2.73. The fourth-order valence-corrected chi connectivity index (χ4v) is 3.46. The van der Waals surface area contributed by atoms with Gasteiger partial charge in [-0.25, -0.2) is 4.98 Å². The van der Waals surface area contributed by atoms with E-state index in [-0.39, 0.29) is 11.0 Å². The number of hydrogen-bond donors (Lipinski definition) is 0. The maximum Gasteiger partial charge on any atom is 0.321 e. The molecule has 0 radical (unpaired) electrons. The number of nitrogens with zero attached hydrogens (tertiary/aromatic N) is 2. The molecule has 0 N–H and O–H groups in total. The Hall–Kier alpha value is -1.09. The summed E-state index contributed by atoms with van der Waals surface area (Å²) in [4.78, 5) is 4.22. The molecule has 0 saturated heterocycles. The number of aromatic nitrogens is 2. The topological polar surface area (TPSA) is 17.8 Å². The normalized spacial score (nSPS) is 12.5. The molecule has 1 aromatic carbocycles. The molecule has 130 valence electrons. The minimum absolute atomic E-state index is 0.0761. The molecule has 0 bridgehead atoms. The fraction of sp³-hybridized carbons (Fsp3) is 0.294. The summed E-state index contributed by atoms with van der Waals surface area (Å²) in [5, 5.41) is 0.509. The molecule has 2 rings (SSSR count). The van der Waals surface area contributed by atoms with Gasteiger partial charge in [-0.15, -0.1) is 0 Å². The lowest BCUT2D eigenvalue weighted by Crippen LogP contribution is -2.00. The monoisotopic (exact) mass is 390 g/mol. The first-order valence-corrected chi connectivity index (χ1v) is 10.9. The Morgan fingerprint density at radius 3 is 2.38 bits per heavy atom. The molecule has 24 heavy (non-hydrogen) atoms. The molecular weight excluding hydrogens is 372 g/mol. The lowest BCUT2D eigenvalue weighted by atomic mass is 10.0. The van der Waals surface area contributed by atoms with Gasteiger partial charge in [0.15, 0.2) is 0 Å². The van der Waals surface area contributed by atoms with Crippen molar-refractivity contribution in [3.05, 3.63) is 45.1 Å². The van der Waals surface area contributed by atoms with E-state index in [1.807, 2.05) is 24.9 Å². The van der Waals surface area contributed by atoms with Crippen LogP contribution in [0.5, 0.6) is 0 Å². The predicted octanol–water partition coefficient (Wildman–Crippen LogP) is 6.55. The van der Waals surface area contributed by atoms with Crippen LogP contribution in [0.3, 0.4) is 0 Å². The molecule has 0 aliphatic rings. The van der Waals surface area contributed by atoms with E-state index < -0.39 is 13.4 Å². The van der Waals surface area contributed by atoms with Gasteiger partial charge in [-0.3, -0.25) is 4.57 Å². The number of alkyl halides is 2. The molecule has 0 fully saturated rings. The number of hydrogen-bond acceptors (Lipinski definition) is 1. The number of aryl methyl sites for hydroxylation is 2. The molecule has 0 spiro atoms. The van der Waals surface area contributed by atoms with E-state index >= 15 is 0 Å². The Balaban J connectivity index is 2.62. The second-order valence-electron chi connectivity index (χ2n) is 6.23. The van der Waals surface area contributed by atoms with Crippen molar-refractivity contribution in [1.29, 1.82) is 0 Å². The van der Waals surface area contributed by atoms with E-state index in [2.05, 4.69) is 24.6 Å². The van der Waals surface area contributed by atoms with Crippen LogP contribution in [0.2, 0.25) is 10.2 Å². The van der Waals surface area contributed by atoms with Gasteiger partial charge in [0.25, 0.3) is 0 Å². The third-order valence-corrected chi connectivity index (χ3v) is 5.13. The molecule has 0 aliphatic heterocycles. The van der Waals surface area contributed by atoms with Crippen LogP contribution in [0.1, 0.15) is 23.5 Å². The molecule has 0 unspecified atom stereocenters. The average Bonchev–Trinajstić information content (AvgIpc) is 2.72. The first-order chi connectivity index (χ1) is 11.0. The molecule has 7 heteroatoms. The van der Waals surface area contributed by atoms with Gasteiger partial charge in [0.05, 0.1) is 0 Å². The van der Waals surface area contributed by atoms with Crippen molar-refractivity contribution in [2.24, 2.45) is 0 Å². The summed E-state index contributed by atoms with van der Waals surface area (Å²) in [5.41, 5.74) is 2.63. The lowest BCUT2D eigenvalue weighted by molar-refractivity contribution is 0.0683. The predicted molar refractivity (Wildman–Crippen MR) is 103 cm³/mol. The first-order valence-electron chi connectivity index (χ1n) is 7.21. The van der Waals surface area contributed by atoms with Gasteiger partial charge in [0.1, 0.15) is 16.7 Å². The Kier molecular flexibility index (Phi) is 5.64. The Morgan fingerprint density at radius 2 is 1.88 bits per heavy atom. The van der Waals surface area contributed by atoms with Crippen LogP contribution in [0, 0.1) is 13.8 Å². The third-order valence-electron chi connectivity index (χ3n) is 3.48. The standard InChI is InChI=1S/C17H19Cl2F2N2P/c1-10-8-14(18)12(6-7-24(3,4)5)9-13(10)15-16(19)23(17(20)21)11(2)22-15/h6-9,17H,3H2,1-2,4-5H3/b7-6+. The molecule has 2 nitrogen and oxygen atoms in total. The van der Waals surface area contributed by atoms with Crippen LogP contribution in [0.15, 0.2) is 17.9 Å². The van der Waals surface area contributed by atoms with Crippen LogP contribution in [-0.2, 0) is 0 Å². The zero-order valence-electron chi connectivity index (χ0n) is 13.9. The van der Waals surface area contributed by atoms with E-state index in [0.717, 1.165) is 11.1 Å². The van der Waals surface area contributed by atoms with Crippen molar-refractivity contribution in [3.63, 3.8) is 0 Å². The number of imidazole rings is 1. The Morgan fingerprint density at radius 1 is 1.25 bits per heavy atom. The summed E-state index contributed by atoms with van der Waals surface area (Å²) in [6.07, 6.45) is 6.04. The molecule has 0 amide bonds. The second kappa shape index (κ2) is 7.03. The zero-order chi connectivity index (χ0) is 18.2. The molecule has 1 heterocycles. The first kappa shape index (κ1) is 19.2. The van der Waals surface area contributed by atoms with Crippen molar-refractivity contribution in [2.75, 3.05) is 13.3 Å². The highest BCUT2D eigenvalue weighted by Gasteiger charge is 2.21. The molecule has 0 atom stereocenters. The summed E-state index contributed by atoms with van der Waals surface area (Å²) >= 11 is 12.4. The van der Waals surface area contributed by atoms with Crippen LogP contribution in [0.25, 0.3) is 17.3 Å². The van der Waals surface area contributed by atoms with Gasteiger partial charge in [0, 0.05) is 10.6 Å². The van der Waals surface area contributed by atoms with Gasteiger partial charge in [-0.05, 0) is 50.4 Å². The Labute approximate surface area is 151 Å². The van der Waals surface area contributed by atoms with E-state index in [9.17, 15) is 8.78 Å². The smallest absolute Gasteiger partial charge is 0.260 e. The van der Waals surface area contributed by atoms with E-state index in [0.29, 0.717) is 20.8 Å². The SMILES string of the molecule is C=P(C)(C)/C=C/c1cc(-c2nc(C)n(C(F)F)c2Cl)c(C)cc1Cl. The van der Waals surface area contributed by atoms with Crippen molar-refractivity contribution >= 4 is 42.5 Å². The number of rotatable bonds is 4. The van der Waals surface area contributed by atoms with Gasteiger partial charge in [0.2, 0.25) is 0 Å². The lowest BCUT2D eigenvalue weighted by Gasteiger charge is -2.10. The third kappa shape index (κ3) is 4.11. The average molecular weight is 391 g/mol. The van der Waals surface area contributed by atoms with Crippen LogP contribution in [-0.4, -0.2) is 29.2 Å². The fourth-order valence-electron chi connectivity index (χ4n) is 2.27. The summed E-state index contributed by atoms with van der Waals surface area (Å²) in [6.45, 7) is 3.42. The largest absolute Gasteiger partial charge is 0.321 e. The second-order valence-corrected chi connectivity index (χ2v) is 10.8. The molecule has 0 aliphatic carbocycles. The van der Waals surface area contributed by atoms with E-state index in [1.54, 1.807) is 6.07 Å². The number of benzene rings is 1. The van der Waals surface area contributed by atoms with Gasteiger partial charge < -0.3 is 0 Å². The number of halogens is 4. The maximum absolute atomic E-state index is 13.1. The van der Waals surface area contributed by atoms with E-state index in [4.69, 9.17) is 23.2 Å². The van der Waals surface area contributed by atoms with Gasteiger partial charge in [-0.1, -0.05) is 48.3 Å². The van der Waals surface area contributed by atoms with Gasteiger partial charge in [-0.2, -0.15) is 8.78 Å². The highest BCUT2D eigenvalue weighted by Crippen LogP contribution is 2.40. The van der Waals surface area contributed by atoms with Crippen molar-refractivity contribution in [2.45, 2.75) is 20.4 Å². The van der Waals surface area contributed by atoms with Crippen molar-refractivity contribution in [1.82, 2.24) is 9.55 Å². The van der Waals surface area contributed by atoms with Crippen molar-refractivity contribution in [3.8, 4) is 11.3 Å². The zero-order valence-corrected chi connectivity index (χ0v) is 16.4. The highest BCUT2D eigenvalue weighted by atomic mass is 35.5. The summed E-state index contributed by atoms with van der Waals surface area (Å²) in [5.74, 6) is 2.21. The van der Waals surface area contributed by atoms with Gasteiger partial charge >= 0.3 is 6.55 Å². The summed E-state index contributed by atoms with van der Waals surface area (Å²) in [7, 11) is 0. The Bertz CT molecular complexity index is 851. The summed E-state index contributed by atoms with van der Waals surface area (Å²) in [6, 6.07) is 3.62. The van der Waals surface area contributed by atoms with E-state index in [1.165, 1.54) is 6.92 Å². The maximum atomic E-state index is 13.1. The molecule has 2 aromatic rings. The molecule has 1 aromatic heterocycles. The van der Waals surface area contributed by atoms with Crippen LogP contribution in [0.4, 0.5) is 8.78 Å². The van der Waals surface area contributed by atoms with Crippen LogP contribution >= 0.6 is 30.1 Å². The summed E-state index contributed by atoms with van der Waals surface area (Å²) < 4.78 is 26.9. The quantitative estimate of drug-likeness (QED) is 0.541. The van der Waals surface area contributed by atoms with Crippen LogP contribution < -0.4 is 0 Å². The highest BCUT2D eigenvalue weighted by molar-refractivity contribution is 7.75. The molecular formula is C17H19Cl2F2N2P. The minimum Gasteiger partial charge on any atom is -0.260 e. The molecule has 0 saturated carbocycles.